The van der Waals surface area contributed by atoms with Gasteiger partial charge in [-0.2, -0.15) is 0 Å². The van der Waals surface area contributed by atoms with Crippen LogP contribution in [0.25, 0.3) is 6.08 Å². The summed E-state index contributed by atoms with van der Waals surface area (Å²) in [6, 6.07) is 16.1. The second kappa shape index (κ2) is 8.53. The number of hydrogen-bond acceptors (Lipinski definition) is 4. The van der Waals surface area contributed by atoms with E-state index in [1.165, 1.54) is 23.5 Å². The van der Waals surface area contributed by atoms with Crippen LogP contribution in [0.5, 0.6) is 0 Å². The van der Waals surface area contributed by atoms with Gasteiger partial charge in [-0.3, -0.25) is 9.59 Å². The molecule has 3 aromatic rings. The third-order valence-electron chi connectivity index (χ3n) is 3.56. The smallest absolute Gasteiger partial charge is 0.247 e. The highest BCUT2D eigenvalue weighted by molar-refractivity contribution is 5.97. The van der Waals surface area contributed by atoms with Crippen LogP contribution >= 0.6 is 0 Å². The molecule has 2 aromatic heterocycles. The van der Waals surface area contributed by atoms with E-state index in [2.05, 4.69) is 5.32 Å². The van der Waals surface area contributed by atoms with Gasteiger partial charge in [0.15, 0.2) is 0 Å². The van der Waals surface area contributed by atoms with Gasteiger partial charge in [-0.25, -0.2) is 0 Å². The summed E-state index contributed by atoms with van der Waals surface area (Å²) in [5.74, 6) is 0.547. The lowest BCUT2D eigenvalue weighted by Gasteiger charge is -2.19. The molecule has 0 spiro atoms. The van der Waals surface area contributed by atoms with Gasteiger partial charge in [-0.1, -0.05) is 18.2 Å². The fourth-order valence-corrected chi connectivity index (χ4v) is 2.34. The number of benzene rings is 1. The zero-order valence-electron chi connectivity index (χ0n) is 14.0. The molecule has 26 heavy (non-hydrogen) atoms. The first-order valence-electron chi connectivity index (χ1n) is 8.08. The third-order valence-corrected chi connectivity index (χ3v) is 3.56. The predicted octanol–water partition coefficient (Wildman–Crippen LogP) is 3.55. The molecule has 0 fully saturated rings. The maximum Gasteiger partial charge on any atom is 0.247 e. The maximum atomic E-state index is 12.5. The normalized spacial score (nSPS) is 10.8. The number of nitrogens with one attached hydrogen (secondary N) is 1. The fraction of sp³-hybridized carbons (Fsp3) is 0.100. The average molecular weight is 350 g/mol. The van der Waals surface area contributed by atoms with Gasteiger partial charge in [-0.05, 0) is 42.5 Å². The van der Waals surface area contributed by atoms with E-state index < -0.39 is 0 Å². The van der Waals surface area contributed by atoms with E-state index in [0.717, 1.165) is 0 Å². The summed E-state index contributed by atoms with van der Waals surface area (Å²) in [5, 5.41) is 2.77. The van der Waals surface area contributed by atoms with Gasteiger partial charge in [0.1, 0.15) is 18.1 Å². The molecule has 1 N–H and O–H groups in total. The van der Waals surface area contributed by atoms with Gasteiger partial charge >= 0.3 is 0 Å². The lowest BCUT2D eigenvalue weighted by Crippen LogP contribution is -2.36. The fourth-order valence-electron chi connectivity index (χ4n) is 2.34. The summed E-state index contributed by atoms with van der Waals surface area (Å²) in [7, 11) is 0. The number of nitrogens with zero attached hydrogens (tertiary/aromatic N) is 1. The summed E-state index contributed by atoms with van der Waals surface area (Å²) in [4.78, 5) is 26.2. The predicted molar refractivity (Wildman–Crippen MR) is 96.9 cm³/mol. The third kappa shape index (κ3) is 4.98. The number of hydrogen-bond donors (Lipinski definition) is 1. The van der Waals surface area contributed by atoms with Gasteiger partial charge in [0.2, 0.25) is 11.8 Å². The number of furan rings is 2. The molecule has 0 aliphatic rings. The van der Waals surface area contributed by atoms with Gasteiger partial charge in [0.25, 0.3) is 0 Å². The van der Waals surface area contributed by atoms with Crippen LogP contribution in [0.3, 0.4) is 0 Å². The molecule has 6 nitrogen and oxygen atoms in total. The Morgan fingerprint density at radius 2 is 1.73 bits per heavy atom. The van der Waals surface area contributed by atoms with Crippen molar-refractivity contribution in [1.82, 2.24) is 4.90 Å². The van der Waals surface area contributed by atoms with E-state index >= 15 is 0 Å². The summed E-state index contributed by atoms with van der Waals surface area (Å²) < 4.78 is 10.5. The SMILES string of the molecule is O=C(CN(Cc1ccco1)C(=O)/C=C/c1ccco1)Nc1ccccc1. The topological polar surface area (TPSA) is 75.7 Å². The van der Waals surface area contributed by atoms with E-state index in [1.54, 1.807) is 42.5 Å². The van der Waals surface area contributed by atoms with Gasteiger partial charge in [-0.15, -0.1) is 0 Å². The van der Waals surface area contributed by atoms with Gasteiger partial charge in [0.05, 0.1) is 19.1 Å². The van der Waals surface area contributed by atoms with Crippen molar-refractivity contribution >= 4 is 23.6 Å². The molecule has 2 amide bonds. The first-order valence-corrected chi connectivity index (χ1v) is 8.08. The summed E-state index contributed by atoms with van der Waals surface area (Å²) in [5.41, 5.74) is 0.675. The van der Waals surface area contributed by atoms with Gasteiger partial charge in [0, 0.05) is 11.8 Å². The molecule has 6 heteroatoms. The van der Waals surface area contributed by atoms with E-state index in [9.17, 15) is 9.59 Å². The second-order valence-corrected chi connectivity index (χ2v) is 5.54. The molecule has 1 aromatic carbocycles. The molecule has 3 rings (SSSR count). The molecule has 0 saturated heterocycles. The highest BCUT2D eigenvalue weighted by Crippen LogP contribution is 2.10. The Balaban J connectivity index is 1.68. The van der Waals surface area contributed by atoms with E-state index in [-0.39, 0.29) is 24.9 Å². The summed E-state index contributed by atoms with van der Waals surface area (Å²) >= 11 is 0. The average Bonchev–Trinajstić information content (AvgIpc) is 3.34. The van der Waals surface area contributed by atoms with Crippen LogP contribution in [0.15, 0.2) is 82.0 Å². The quantitative estimate of drug-likeness (QED) is 0.661. The molecule has 0 unspecified atom stereocenters. The number of rotatable bonds is 7. The van der Waals surface area contributed by atoms with Crippen LogP contribution in [-0.4, -0.2) is 23.3 Å². The van der Waals surface area contributed by atoms with Crippen molar-refractivity contribution in [2.24, 2.45) is 0 Å². The first-order chi connectivity index (χ1) is 12.7. The molecular weight excluding hydrogens is 332 g/mol. The Labute approximate surface area is 150 Å². The van der Waals surface area contributed by atoms with Crippen LogP contribution in [0.1, 0.15) is 11.5 Å². The van der Waals surface area contributed by atoms with Crippen molar-refractivity contribution < 1.29 is 18.4 Å². The monoisotopic (exact) mass is 350 g/mol. The zero-order valence-corrected chi connectivity index (χ0v) is 14.0. The first kappa shape index (κ1) is 17.3. The van der Waals surface area contributed by atoms with Crippen LogP contribution in [0.4, 0.5) is 5.69 Å². The molecule has 0 bridgehead atoms. The Morgan fingerprint density at radius 1 is 0.962 bits per heavy atom. The van der Waals surface area contributed by atoms with Crippen molar-refractivity contribution in [2.45, 2.75) is 6.54 Å². The van der Waals surface area contributed by atoms with Gasteiger partial charge < -0.3 is 19.1 Å². The van der Waals surface area contributed by atoms with Crippen LogP contribution < -0.4 is 5.32 Å². The molecule has 0 aliphatic heterocycles. The Kier molecular flexibility index (Phi) is 5.67. The molecule has 0 aliphatic carbocycles. The zero-order chi connectivity index (χ0) is 18.2. The van der Waals surface area contributed by atoms with Crippen molar-refractivity contribution in [1.29, 1.82) is 0 Å². The van der Waals surface area contributed by atoms with E-state index in [1.807, 2.05) is 18.2 Å². The summed E-state index contributed by atoms with van der Waals surface area (Å²) in [6.07, 6.45) is 5.99. The molecular formula is C20H18N2O4. The minimum absolute atomic E-state index is 0.100. The highest BCUT2D eigenvalue weighted by Gasteiger charge is 2.17. The largest absolute Gasteiger partial charge is 0.467 e. The Hall–Kier alpha value is -3.54. The minimum Gasteiger partial charge on any atom is -0.467 e. The molecule has 0 atom stereocenters. The number of carbonyl (C=O) groups is 2. The van der Waals surface area contributed by atoms with E-state index in [0.29, 0.717) is 17.2 Å². The number of para-hydroxylation sites is 1. The lowest BCUT2D eigenvalue weighted by molar-refractivity contribution is -0.131. The maximum absolute atomic E-state index is 12.5. The number of anilines is 1. The highest BCUT2D eigenvalue weighted by atomic mass is 16.3. The van der Waals surface area contributed by atoms with E-state index in [4.69, 9.17) is 8.83 Å². The molecule has 2 heterocycles. The minimum atomic E-state index is -0.319. The lowest BCUT2D eigenvalue weighted by atomic mass is 10.3. The van der Waals surface area contributed by atoms with Crippen LogP contribution in [0, 0.1) is 0 Å². The number of amides is 2. The van der Waals surface area contributed by atoms with Crippen LogP contribution in [0.2, 0.25) is 0 Å². The Morgan fingerprint density at radius 3 is 2.42 bits per heavy atom. The van der Waals surface area contributed by atoms with Crippen molar-refractivity contribution in [3.8, 4) is 0 Å². The van der Waals surface area contributed by atoms with Crippen molar-refractivity contribution in [3.63, 3.8) is 0 Å². The van der Waals surface area contributed by atoms with Crippen molar-refractivity contribution in [2.75, 3.05) is 11.9 Å². The Bertz CT molecular complexity index is 853. The summed E-state index contributed by atoms with van der Waals surface area (Å²) in [6.45, 7) is 0.0907. The molecule has 0 radical (unpaired) electrons. The second-order valence-electron chi connectivity index (χ2n) is 5.54. The molecule has 132 valence electrons. The van der Waals surface area contributed by atoms with Crippen molar-refractivity contribution in [3.05, 3.63) is 84.7 Å². The standard InChI is InChI=1S/C20H18N2O4/c23-19(21-16-6-2-1-3-7-16)15-22(14-18-9-5-13-26-18)20(24)11-10-17-8-4-12-25-17/h1-13H,14-15H2,(H,21,23)/b11-10+. The number of carbonyl (C=O) groups excluding carboxylic acids is 2. The van der Waals surface area contributed by atoms with Crippen LogP contribution in [-0.2, 0) is 16.1 Å². The molecule has 0 saturated carbocycles.